The van der Waals surface area contributed by atoms with E-state index in [1.165, 1.54) is 11.1 Å². The third-order valence-corrected chi connectivity index (χ3v) is 4.04. The summed E-state index contributed by atoms with van der Waals surface area (Å²) < 4.78 is 5.80. The monoisotopic (exact) mass is 291 g/mol. The van der Waals surface area contributed by atoms with Crippen LogP contribution in [-0.4, -0.2) is 25.8 Å². The molecule has 0 amide bonds. The normalized spacial score (nSPS) is 15.2. The lowest BCUT2D eigenvalue weighted by Crippen LogP contribution is -2.48. The van der Waals surface area contributed by atoms with Crippen LogP contribution in [0.5, 0.6) is 0 Å². The summed E-state index contributed by atoms with van der Waals surface area (Å²) in [6.07, 6.45) is 1.20. The molecule has 2 atom stereocenters. The highest BCUT2D eigenvalue weighted by atomic mass is 16.5. The van der Waals surface area contributed by atoms with Crippen molar-refractivity contribution in [1.29, 1.82) is 0 Å². The van der Waals surface area contributed by atoms with Gasteiger partial charge in [0.2, 0.25) is 0 Å². The van der Waals surface area contributed by atoms with Crippen molar-refractivity contribution in [3.63, 3.8) is 0 Å². The van der Waals surface area contributed by atoms with Gasteiger partial charge in [-0.3, -0.25) is 0 Å². The molecule has 21 heavy (non-hydrogen) atoms. The number of hydrogen-bond donors (Lipinski definition) is 1. The maximum atomic E-state index is 5.80. The molecule has 0 heterocycles. The lowest BCUT2D eigenvalue weighted by Gasteiger charge is -2.36. The topological polar surface area (TPSA) is 21.3 Å². The van der Waals surface area contributed by atoms with Crippen LogP contribution in [0.1, 0.15) is 58.6 Å². The largest absolute Gasteiger partial charge is 0.379 e. The highest BCUT2D eigenvalue weighted by molar-refractivity contribution is 5.25. The van der Waals surface area contributed by atoms with Crippen LogP contribution in [0.15, 0.2) is 24.3 Å². The number of methoxy groups -OCH3 is 1. The quantitative estimate of drug-likeness (QED) is 0.804. The van der Waals surface area contributed by atoms with E-state index in [4.69, 9.17) is 4.74 Å². The standard InChI is InChI=1S/C19H33NO/c1-8-20-17(18(21-7)19(4,5)6)13-15-9-11-16(12-10-15)14(2)3/h9-12,14,17-18,20H,8,13H2,1-7H3. The number of rotatable bonds is 7. The van der Waals surface area contributed by atoms with E-state index in [1.807, 2.05) is 7.11 Å². The highest BCUT2D eigenvalue weighted by Crippen LogP contribution is 2.26. The van der Waals surface area contributed by atoms with E-state index in [9.17, 15) is 0 Å². The van der Waals surface area contributed by atoms with Crippen LogP contribution in [-0.2, 0) is 11.2 Å². The van der Waals surface area contributed by atoms with Crippen LogP contribution >= 0.6 is 0 Å². The van der Waals surface area contributed by atoms with Crippen molar-refractivity contribution in [3.05, 3.63) is 35.4 Å². The first-order valence-corrected chi connectivity index (χ1v) is 8.14. The minimum absolute atomic E-state index is 0.124. The predicted molar refractivity (Wildman–Crippen MR) is 92.0 cm³/mol. The van der Waals surface area contributed by atoms with Gasteiger partial charge in [0.25, 0.3) is 0 Å². The van der Waals surface area contributed by atoms with Crippen LogP contribution in [0.3, 0.4) is 0 Å². The summed E-state index contributed by atoms with van der Waals surface area (Å²) in [6.45, 7) is 14.3. The van der Waals surface area contributed by atoms with Crippen molar-refractivity contribution >= 4 is 0 Å². The molecule has 2 heteroatoms. The lowest BCUT2D eigenvalue weighted by atomic mass is 9.82. The Hall–Kier alpha value is -0.860. The van der Waals surface area contributed by atoms with E-state index in [2.05, 4.69) is 71.1 Å². The van der Waals surface area contributed by atoms with Gasteiger partial charge in [-0.25, -0.2) is 0 Å². The minimum Gasteiger partial charge on any atom is -0.379 e. The molecule has 1 aromatic carbocycles. The number of ether oxygens (including phenoxy) is 1. The van der Waals surface area contributed by atoms with Crippen molar-refractivity contribution in [2.24, 2.45) is 5.41 Å². The van der Waals surface area contributed by atoms with Crippen LogP contribution in [0, 0.1) is 5.41 Å². The molecule has 0 spiro atoms. The SMILES string of the molecule is CCNC(Cc1ccc(C(C)C)cc1)C(OC)C(C)(C)C. The Bertz CT molecular complexity index is 403. The summed E-state index contributed by atoms with van der Waals surface area (Å²) in [5.41, 5.74) is 2.90. The summed E-state index contributed by atoms with van der Waals surface area (Å²) >= 11 is 0. The van der Waals surface area contributed by atoms with E-state index in [-0.39, 0.29) is 11.5 Å². The van der Waals surface area contributed by atoms with Gasteiger partial charge in [0.15, 0.2) is 0 Å². The van der Waals surface area contributed by atoms with Gasteiger partial charge in [0, 0.05) is 13.2 Å². The Kier molecular flexibility index (Phi) is 6.89. The van der Waals surface area contributed by atoms with Gasteiger partial charge in [-0.05, 0) is 35.4 Å². The van der Waals surface area contributed by atoms with Crippen LogP contribution in [0.2, 0.25) is 0 Å². The average Bonchev–Trinajstić information content (AvgIpc) is 2.38. The summed E-state index contributed by atoms with van der Waals surface area (Å²) in [5.74, 6) is 0.588. The fraction of sp³-hybridized carbons (Fsp3) is 0.684. The van der Waals surface area contributed by atoms with Crippen molar-refractivity contribution in [2.45, 2.75) is 66.0 Å². The molecule has 0 radical (unpaired) electrons. The summed E-state index contributed by atoms with van der Waals surface area (Å²) in [6, 6.07) is 9.36. The van der Waals surface area contributed by atoms with Crippen molar-refractivity contribution < 1.29 is 4.74 Å². The molecule has 1 aromatic rings. The number of hydrogen-bond acceptors (Lipinski definition) is 2. The Morgan fingerprint density at radius 3 is 2.05 bits per heavy atom. The number of benzene rings is 1. The van der Waals surface area contributed by atoms with Gasteiger partial charge in [0.05, 0.1) is 6.10 Å². The van der Waals surface area contributed by atoms with E-state index in [0.717, 1.165) is 13.0 Å². The van der Waals surface area contributed by atoms with Gasteiger partial charge >= 0.3 is 0 Å². The van der Waals surface area contributed by atoms with Crippen molar-refractivity contribution in [3.8, 4) is 0 Å². The molecule has 0 aliphatic heterocycles. The zero-order valence-corrected chi connectivity index (χ0v) is 14.9. The molecule has 0 saturated heterocycles. The zero-order valence-electron chi connectivity index (χ0n) is 14.9. The smallest absolute Gasteiger partial charge is 0.0775 e. The molecule has 1 N–H and O–H groups in total. The maximum absolute atomic E-state index is 5.80. The van der Waals surface area contributed by atoms with E-state index >= 15 is 0 Å². The summed E-state index contributed by atoms with van der Waals surface area (Å²) in [4.78, 5) is 0. The molecule has 0 saturated carbocycles. The molecule has 2 nitrogen and oxygen atoms in total. The van der Waals surface area contributed by atoms with Gasteiger partial charge < -0.3 is 10.1 Å². The second-order valence-corrected chi connectivity index (χ2v) is 7.29. The third-order valence-electron chi connectivity index (χ3n) is 4.04. The van der Waals surface area contributed by atoms with E-state index in [0.29, 0.717) is 12.0 Å². The van der Waals surface area contributed by atoms with Gasteiger partial charge in [-0.2, -0.15) is 0 Å². The van der Waals surface area contributed by atoms with Crippen LogP contribution in [0.25, 0.3) is 0 Å². The van der Waals surface area contributed by atoms with E-state index < -0.39 is 0 Å². The molecular formula is C19H33NO. The zero-order chi connectivity index (χ0) is 16.0. The van der Waals surface area contributed by atoms with Gasteiger partial charge in [0.1, 0.15) is 0 Å². The molecule has 0 bridgehead atoms. The third kappa shape index (κ3) is 5.44. The average molecular weight is 291 g/mol. The fourth-order valence-electron chi connectivity index (χ4n) is 2.96. The van der Waals surface area contributed by atoms with Crippen molar-refractivity contribution in [2.75, 3.05) is 13.7 Å². The van der Waals surface area contributed by atoms with Crippen LogP contribution < -0.4 is 5.32 Å². The first-order valence-electron chi connectivity index (χ1n) is 8.14. The number of nitrogens with one attached hydrogen (secondary N) is 1. The summed E-state index contributed by atoms with van der Waals surface area (Å²) in [5, 5.41) is 3.60. The lowest BCUT2D eigenvalue weighted by molar-refractivity contribution is -0.0106. The molecule has 0 aliphatic rings. The van der Waals surface area contributed by atoms with Gasteiger partial charge in [-0.1, -0.05) is 65.8 Å². The molecule has 120 valence electrons. The molecule has 0 aromatic heterocycles. The Balaban J connectivity index is 2.87. The molecule has 0 fully saturated rings. The summed E-state index contributed by atoms with van der Waals surface area (Å²) in [7, 11) is 1.82. The predicted octanol–water partition coefficient (Wildman–Crippen LogP) is 4.39. The molecular weight excluding hydrogens is 258 g/mol. The van der Waals surface area contributed by atoms with Crippen molar-refractivity contribution in [1.82, 2.24) is 5.32 Å². The van der Waals surface area contributed by atoms with Gasteiger partial charge in [-0.15, -0.1) is 0 Å². The first-order chi connectivity index (χ1) is 9.79. The Morgan fingerprint density at radius 2 is 1.67 bits per heavy atom. The molecule has 1 rings (SSSR count). The number of likely N-dealkylation sites (N-methyl/N-ethyl adjacent to an activating group) is 1. The Morgan fingerprint density at radius 1 is 1.10 bits per heavy atom. The second kappa shape index (κ2) is 7.95. The Labute approximate surface area is 131 Å². The molecule has 0 aliphatic carbocycles. The minimum atomic E-state index is 0.124. The highest BCUT2D eigenvalue weighted by Gasteiger charge is 2.31. The second-order valence-electron chi connectivity index (χ2n) is 7.29. The maximum Gasteiger partial charge on any atom is 0.0775 e. The van der Waals surface area contributed by atoms with E-state index in [1.54, 1.807) is 0 Å². The van der Waals surface area contributed by atoms with Crippen LogP contribution in [0.4, 0.5) is 0 Å². The molecule has 2 unspecified atom stereocenters. The first kappa shape index (κ1) is 18.2. The fourth-order valence-corrected chi connectivity index (χ4v) is 2.96.